The van der Waals surface area contributed by atoms with E-state index in [4.69, 9.17) is 9.15 Å². The molecule has 0 aliphatic rings. The first-order valence-corrected chi connectivity index (χ1v) is 4.40. The second-order valence-electron chi connectivity index (χ2n) is 2.94. The van der Waals surface area contributed by atoms with Gasteiger partial charge in [-0.1, -0.05) is 19.1 Å². The standard InChI is InChI=1S/C11H12O2/c1-3-9-7-8-5-4-6-10(12-2)11(8)13-9/h4-7H,3H2,1-2H3. The Morgan fingerprint density at radius 3 is 2.92 bits per heavy atom. The number of benzene rings is 1. The molecule has 0 saturated heterocycles. The number of fused-ring (bicyclic) bond motifs is 1. The van der Waals surface area contributed by atoms with E-state index < -0.39 is 0 Å². The first kappa shape index (κ1) is 8.17. The predicted octanol–water partition coefficient (Wildman–Crippen LogP) is 3.00. The van der Waals surface area contributed by atoms with E-state index in [0.717, 1.165) is 28.9 Å². The van der Waals surface area contributed by atoms with E-state index >= 15 is 0 Å². The summed E-state index contributed by atoms with van der Waals surface area (Å²) in [6.07, 6.45) is 0.915. The van der Waals surface area contributed by atoms with Crippen molar-refractivity contribution >= 4 is 11.0 Å². The van der Waals surface area contributed by atoms with Crippen LogP contribution in [-0.4, -0.2) is 7.11 Å². The van der Waals surface area contributed by atoms with Crippen LogP contribution in [0.3, 0.4) is 0 Å². The van der Waals surface area contributed by atoms with Crippen LogP contribution in [0.1, 0.15) is 12.7 Å². The fourth-order valence-electron chi connectivity index (χ4n) is 1.42. The molecule has 0 N–H and O–H groups in total. The van der Waals surface area contributed by atoms with Gasteiger partial charge in [0.15, 0.2) is 11.3 Å². The van der Waals surface area contributed by atoms with E-state index in [1.54, 1.807) is 7.11 Å². The Morgan fingerprint density at radius 2 is 2.23 bits per heavy atom. The summed E-state index contributed by atoms with van der Waals surface area (Å²) >= 11 is 0. The first-order chi connectivity index (χ1) is 6.35. The predicted molar refractivity (Wildman–Crippen MR) is 52.1 cm³/mol. The van der Waals surface area contributed by atoms with Crippen LogP contribution in [0.5, 0.6) is 5.75 Å². The molecular weight excluding hydrogens is 164 g/mol. The van der Waals surface area contributed by atoms with Crippen LogP contribution < -0.4 is 4.74 Å². The third kappa shape index (κ3) is 1.28. The summed E-state index contributed by atoms with van der Waals surface area (Å²) in [5, 5.41) is 1.11. The van der Waals surface area contributed by atoms with Gasteiger partial charge < -0.3 is 9.15 Å². The number of hydrogen-bond acceptors (Lipinski definition) is 2. The molecule has 1 heterocycles. The summed E-state index contributed by atoms with van der Waals surface area (Å²) in [5.41, 5.74) is 0.849. The third-order valence-corrected chi connectivity index (χ3v) is 2.13. The van der Waals surface area contributed by atoms with Crippen molar-refractivity contribution in [2.75, 3.05) is 7.11 Å². The van der Waals surface area contributed by atoms with Gasteiger partial charge in [-0.05, 0) is 12.1 Å². The van der Waals surface area contributed by atoms with E-state index in [1.165, 1.54) is 0 Å². The molecule has 2 aromatic rings. The number of furan rings is 1. The Bertz CT molecular complexity index is 415. The van der Waals surface area contributed by atoms with Gasteiger partial charge in [-0.25, -0.2) is 0 Å². The molecule has 0 saturated carbocycles. The zero-order valence-electron chi connectivity index (χ0n) is 7.83. The van der Waals surface area contributed by atoms with Crippen molar-refractivity contribution in [2.24, 2.45) is 0 Å². The van der Waals surface area contributed by atoms with Crippen LogP contribution in [0.4, 0.5) is 0 Å². The maximum absolute atomic E-state index is 5.61. The second kappa shape index (κ2) is 3.13. The number of para-hydroxylation sites is 1. The molecule has 1 aromatic heterocycles. The van der Waals surface area contributed by atoms with E-state index in [-0.39, 0.29) is 0 Å². The van der Waals surface area contributed by atoms with Crippen molar-refractivity contribution in [3.8, 4) is 5.75 Å². The Morgan fingerprint density at radius 1 is 1.38 bits per heavy atom. The summed E-state index contributed by atoms with van der Waals surface area (Å²) in [4.78, 5) is 0. The topological polar surface area (TPSA) is 22.4 Å². The van der Waals surface area contributed by atoms with Crippen molar-refractivity contribution < 1.29 is 9.15 Å². The molecule has 2 nitrogen and oxygen atoms in total. The second-order valence-corrected chi connectivity index (χ2v) is 2.94. The highest BCUT2D eigenvalue weighted by atomic mass is 16.5. The molecule has 0 fully saturated rings. The monoisotopic (exact) mass is 176 g/mol. The van der Waals surface area contributed by atoms with Crippen molar-refractivity contribution in [3.05, 3.63) is 30.0 Å². The maximum Gasteiger partial charge on any atom is 0.176 e. The summed E-state index contributed by atoms with van der Waals surface area (Å²) in [7, 11) is 1.66. The Kier molecular flexibility index (Phi) is 1.97. The van der Waals surface area contributed by atoms with Crippen molar-refractivity contribution in [1.29, 1.82) is 0 Å². The molecule has 2 rings (SSSR count). The van der Waals surface area contributed by atoms with Gasteiger partial charge in [-0.2, -0.15) is 0 Å². The third-order valence-electron chi connectivity index (χ3n) is 2.13. The quantitative estimate of drug-likeness (QED) is 0.701. The fraction of sp³-hybridized carbons (Fsp3) is 0.273. The zero-order valence-corrected chi connectivity index (χ0v) is 7.83. The van der Waals surface area contributed by atoms with E-state index in [1.807, 2.05) is 18.2 Å². The molecule has 0 bridgehead atoms. The maximum atomic E-state index is 5.61. The Labute approximate surface area is 77.1 Å². The zero-order chi connectivity index (χ0) is 9.26. The van der Waals surface area contributed by atoms with Crippen molar-refractivity contribution in [3.63, 3.8) is 0 Å². The summed E-state index contributed by atoms with van der Waals surface area (Å²) < 4.78 is 10.8. The molecule has 0 atom stereocenters. The molecule has 0 amide bonds. The largest absolute Gasteiger partial charge is 0.493 e. The van der Waals surface area contributed by atoms with Crippen LogP contribution in [-0.2, 0) is 6.42 Å². The summed E-state index contributed by atoms with van der Waals surface area (Å²) in [6.45, 7) is 2.07. The Balaban J connectivity index is 2.67. The average Bonchev–Trinajstić information content (AvgIpc) is 2.59. The van der Waals surface area contributed by atoms with Crippen LogP contribution in [0.25, 0.3) is 11.0 Å². The van der Waals surface area contributed by atoms with Gasteiger partial charge in [-0.15, -0.1) is 0 Å². The van der Waals surface area contributed by atoms with Gasteiger partial charge in [0.1, 0.15) is 5.76 Å². The lowest BCUT2D eigenvalue weighted by Gasteiger charge is -1.98. The lowest BCUT2D eigenvalue weighted by Crippen LogP contribution is -1.81. The van der Waals surface area contributed by atoms with E-state index in [0.29, 0.717) is 0 Å². The van der Waals surface area contributed by atoms with E-state index in [9.17, 15) is 0 Å². The van der Waals surface area contributed by atoms with Gasteiger partial charge in [-0.3, -0.25) is 0 Å². The van der Waals surface area contributed by atoms with Crippen LogP contribution in [0.15, 0.2) is 28.7 Å². The molecule has 0 spiro atoms. The average molecular weight is 176 g/mol. The summed E-state index contributed by atoms with van der Waals surface area (Å²) in [5.74, 6) is 1.80. The van der Waals surface area contributed by atoms with Gasteiger partial charge in [0.25, 0.3) is 0 Å². The minimum absolute atomic E-state index is 0.803. The number of methoxy groups -OCH3 is 1. The van der Waals surface area contributed by atoms with Gasteiger partial charge in [0.2, 0.25) is 0 Å². The Hall–Kier alpha value is -1.44. The number of ether oxygens (including phenoxy) is 1. The highest BCUT2D eigenvalue weighted by Gasteiger charge is 2.06. The number of hydrogen-bond donors (Lipinski definition) is 0. The van der Waals surface area contributed by atoms with Gasteiger partial charge >= 0.3 is 0 Å². The minimum atomic E-state index is 0.803. The van der Waals surface area contributed by atoms with Crippen molar-refractivity contribution in [1.82, 2.24) is 0 Å². The molecule has 0 radical (unpaired) electrons. The summed E-state index contributed by atoms with van der Waals surface area (Å²) in [6, 6.07) is 7.96. The molecular formula is C11H12O2. The molecule has 0 aliphatic carbocycles. The molecule has 13 heavy (non-hydrogen) atoms. The van der Waals surface area contributed by atoms with E-state index in [2.05, 4.69) is 13.0 Å². The van der Waals surface area contributed by atoms with Crippen molar-refractivity contribution in [2.45, 2.75) is 13.3 Å². The molecule has 68 valence electrons. The number of rotatable bonds is 2. The van der Waals surface area contributed by atoms with Crippen LogP contribution in [0, 0.1) is 0 Å². The highest BCUT2D eigenvalue weighted by molar-refractivity contribution is 5.83. The highest BCUT2D eigenvalue weighted by Crippen LogP contribution is 2.28. The van der Waals surface area contributed by atoms with Crippen LogP contribution in [0.2, 0.25) is 0 Å². The lowest BCUT2D eigenvalue weighted by molar-refractivity contribution is 0.408. The molecule has 2 heteroatoms. The molecule has 0 unspecified atom stereocenters. The fourth-order valence-corrected chi connectivity index (χ4v) is 1.42. The molecule has 0 aliphatic heterocycles. The normalized spacial score (nSPS) is 10.6. The van der Waals surface area contributed by atoms with Gasteiger partial charge in [0, 0.05) is 11.8 Å². The van der Waals surface area contributed by atoms with Crippen LogP contribution >= 0.6 is 0 Å². The first-order valence-electron chi connectivity index (χ1n) is 4.40. The van der Waals surface area contributed by atoms with Gasteiger partial charge in [0.05, 0.1) is 7.11 Å². The molecule has 1 aromatic carbocycles. The lowest BCUT2D eigenvalue weighted by atomic mass is 10.2. The SMILES string of the molecule is CCc1cc2cccc(OC)c2o1. The smallest absolute Gasteiger partial charge is 0.176 e. The minimum Gasteiger partial charge on any atom is -0.493 e. The number of aryl methyl sites for hydroxylation is 1.